The summed E-state index contributed by atoms with van der Waals surface area (Å²) in [4.78, 5) is 0. The van der Waals surface area contributed by atoms with Crippen LogP contribution in [0.15, 0.2) is 42.5 Å². The van der Waals surface area contributed by atoms with Gasteiger partial charge in [0.15, 0.2) is 0 Å². The number of hydrogen-bond donors (Lipinski definition) is 1. The molecule has 2 aromatic carbocycles. The molecule has 1 N–H and O–H groups in total. The lowest BCUT2D eigenvalue weighted by Crippen LogP contribution is -2.06. The van der Waals surface area contributed by atoms with E-state index in [2.05, 4.69) is 5.10 Å². The van der Waals surface area contributed by atoms with Gasteiger partial charge < -0.3 is 5.11 Å². The number of nitrogens with zero attached hydrogens (tertiary/aromatic N) is 2. The SMILES string of the molecule is OCCC=Cc1nn(Cc2ccc(F)cc2Cl)c2cc(C(F)(F)F)ccc12. The zero-order valence-electron chi connectivity index (χ0n) is 14.0. The molecule has 0 saturated carbocycles. The third-order valence-corrected chi connectivity index (χ3v) is 4.37. The van der Waals surface area contributed by atoms with Gasteiger partial charge in [0.1, 0.15) is 5.82 Å². The fraction of sp³-hybridized carbons (Fsp3) is 0.211. The quantitative estimate of drug-likeness (QED) is 0.593. The lowest BCUT2D eigenvalue weighted by molar-refractivity contribution is -0.137. The molecule has 3 aromatic rings. The monoisotopic (exact) mass is 398 g/mol. The molecule has 0 aliphatic heterocycles. The maximum absolute atomic E-state index is 13.2. The number of hydrogen-bond acceptors (Lipinski definition) is 2. The van der Waals surface area contributed by atoms with Gasteiger partial charge in [0.2, 0.25) is 0 Å². The van der Waals surface area contributed by atoms with Gasteiger partial charge >= 0.3 is 6.18 Å². The zero-order valence-corrected chi connectivity index (χ0v) is 14.7. The second kappa shape index (κ2) is 7.70. The van der Waals surface area contributed by atoms with Crippen molar-refractivity contribution in [3.63, 3.8) is 0 Å². The van der Waals surface area contributed by atoms with Crippen molar-refractivity contribution in [1.29, 1.82) is 0 Å². The highest BCUT2D eigenvalue weighted by Gasteiger charge is 2.31. The Morgan fingerprint density at radius 1 is 1.15 bits per heavy atom. The van der Waals surface area contributed by atoms with Crippen LogP contribution in [0.5, 0.6) is 0 Å². The number of fused-ring (bicyclic) bond motifs is 1. The van der Waals surface area contributed by atoms with Crippen molar-refractivity contribution in [3.05, 3.63) is 70.1 Å². The second-order valence-corrected chi connectivity index (χ2v) is 6.33. The Hall–Kier alpha value is -2.38. The summed E-state index contributed by atoms with van der Waals surface area (Å²) >= 11 is 6.04. The van der Waals surface area contributed by atoms with E-state index in [1.54, 1.807) is 12.2 Å². The van der Waals surface area contributed by atoms with Gasteiger partial charge in [-0.15, -0.1) is 0 Å². The highest BCUT2D eigenvalue weighted by molar-refractivity contribution is 6.31. The van der Waals surface area contributed by atoms with E-state index in [4.69, 9.17) is 16.7 Å². The van der Waals surface area contributed by atoms with Crippen molar-refractivity contribution in [1.82, 2.24) is 9.78 Å². The van der Waals surface area contributed by atoms with Crippen LogP contribution in [-0.4, -0.2) is 21.5 Å². The second-order valence-electron chi connectivity index (χ2n) is 5.92. The first-order chi connectivity index (χ1) is 12.8. The Kier molecular flexibility index (Phi) is 5.53. The first kappa shape index (κ1) is 19.4. The molecule has 0 atom stereocenters. The van der Waals surface area contributed by atoms with Crippen molar-refractivity contribution >= 4 is 28.6 Å². The molecule has 27 heavy (non-hydrogen) atoms. The summed E-state index contributed by atoms with van der Waals surface area (Å²) in [6, 6.07) is 7.25. The van der Waals surface area contributed by atoms with Crippen molar-refractivity contribution in [2.45, 2.75) is 19.1 Å². The molecule has 0 fully saturated rings. The fourth-order valence-corrected chi connectivity index (χ4v) is 2.93. The van der Waals surface area contributed by atoms with Crippen molar-refractivity contribution in [2.75, 3.05) is 6.61 Å². The van der Waals surface area contributed by atoms with Crippen LogP contribution in [-0.2, 0) is 12.7 Å². The van der Waals surface area contributed by atoms with Crippen molar-refractivity contribution < 1.29 is 22.7 Å². The van der Waals surface area contributed by atoms with Crippen LogP contribution in [0, 0.1) is 5.82 Å². The lowest BCUT2D eigenvalue weighted by atomic mass is 10.1. The highest BCUT2D eigenvalue weighted by Crippen LogP contribution is 2.33. The molecule has 3 rings (SSSR count). The lowest BCUT2D eigenvalue weighted by Gasteiger charge is -2.09. The van der Waals surface area contributed by atoms with Gasteiger partial charge in [-0.2, -0.15) is 18.3 Å². The number of rotatable bonds is 5. The Bertz CT molecular complexity index is 995. The number of halogens is 5. The van der Waals surface area contributed by atoms with E-state index in [0.717, 1.165) is 18.2 Å². The topological polar surface area (TPSA) is 38.1 Å². The van der Waals surface area contributed by atoms with E-state index in [-0.39, 0.29) is 23.7 Å². The van der Waals surface area contributed by atoms with E-state index in [9.17, 15) is 17.6 Å². The molecule has 0 aliphatic rings. The van der Waals surface area contributed by atoms with Gasteiger partial charge in [-0.05, 0) is 48.4 Å². The molecule has 0 bridgehead atoms. The summed E-state index contributed by atoms with van der Waals surface area (Å²) in [6.45, 7) is 0.0450. The fourth-order valence-electron chi connectivity index (χ4n) is 2.70. The molecule has 0 aliphatic carbocycles. The summed E-state index contributed by atoms with van der Waals surface area (Å²) in [5, 5.41) is 14.0. The number of aromatic nitrogens is 2. The van der Waals surface area contributed by atoms with Crippen molar-refractivity contribution in [2.24, 2.45) is 0 Å². The molecule has 1 heterocycles. The molecule has 0 amide bonds. The van der Waals surface area contributed by atoms with Gasteiger partial charge in [0.25, 0.3) is 0 Å². The molecule has 0 radical (unpaired) electrons. The van der Waals surface area contributed by atoms with Gasteiger partial charge in [-0.1, -0.05) is 23.7 Å². The van der Waals surface area contributed by atoms with Crippen LogP contribution < -0.4 is 0 Å². The summed E-state index contributed by atoms with van der Waals surface area (Å²) in [6.07, 6.45) is -0.744. The largest absolute Gasteiger partial charge is 0.416 e. The molecule has 0 unspecified atom stereocenters. The molecule has 142 valence electrons. The standard InChI is InChI=1S/C19H15ClF4N2O/c20-16-10-14(21)6-4-12(16)11-26-18-9-13(19(22,23)24)5-7-15(18)17(25-26)3-1-2-8-27/h1,3-7,9-10,27H,2,8,11H2. The minimum atomic E-state index is -4.48. The number of aliphatic hydroxyl groups excluding tert-OH is 1. The Balaban J connectivity index is 2.11. The summed E-state index contributed by atoms with van der Waals surface area (Å²) in [5.41, 5.74) is 0.511. The molecule has 1 aromatic heterocycles. The van der Waals surface area contributed by atoms with Crippen LogP contribution in [0.2, 0.25) is 5.02 Å². The first-order valence-electron chi connectivity index (χ1n) is 8.08. The molecular weight excluding hydrogens is 384 g/mol. The van der Waals surface area contributed by atoms with Gasteiger partial charge in [0, 0.05) is 17.0 Å². The van der Waals surface area contributed by atoms with Crippen LogP contribution in [0.4, 0.5) is 17.6 Å². The zero-order chi connectivity index (χ0) is 19.6. The maximum atomic E-state index is 13.2. The average molecular weight is 399 g/mol. The summed E-state index contributed by atoms with van der Waals surface area (Å²) in [5.74, 6) is -0.499. The number of alkyl halides is 3. The Morgan fingerprint density at radius 3 is 2.59 bits per heavy atom. The first-order valence-corrected chi connectivity index (χ1v) is 8.46. The normalized spacial score (nSPS) is 12.4. The van der Waals surface area contributed by atoms with E-state index >= 15 is 0 Å². The van der Waals surface area contributed by atoms with E-state index < -0.39 is 17.6 Å². The third kappa shape index (κ3) is 4.31. The minimum Gasteiger partial charge on any atom is -0.396 e. The molecule has 0 saturated heterocycles. The average Bonchev–Trinajstić information content (AvgIpc) is 2.94. The smallest absolute Gasteiger partial charge is 0.396 e. The van der Waals surface area contributed by atoms with Crippen LogP contribution >= 0.6 is 11.6 Å². The van der Waals surface area contributed by atoms with E-state index in [0.29, 0.717) is 23.1 Å². The maximum Gasteiger partial charge on any atom is 0.416 e. The summed E-state index contributed by atoms with van der Waals surface area (Å²) < 4.78 is 54.0. The predicted molar refractivity (Wildman–Crippen MR) is 96.0 cm³/mol. The number of aliphatic hydroxyl groups is 1. The molecule has 0 spiro atoms. The van der Waals surface area contributed by atoms with Gasteiger partial charge in [-0.3, -0.25) is 4.68 Å². The minimum absolute atomic E-state index is 0.0431. The third-order valence-electron chi connectivity index (χ3n) is 4.01. The summed E-state index contributed by atoms with van der Waals surface area (Å²) in [7, 11) is 0. The molecule has 8 heteroatoms. The van der Waals surface area contributed by atoms with Gasteiger partial charge in [-0.25, -0.2) is 4.39 Å². The van der Waals surface area contributed by atoms with E-state index in [1.807, 2.05) is 0 Å². The molecule has 3 nitrogen and oxygen atoms in total. The highest BCUT2D eigenvalue weighted by atomic mass is 35.5. The van der Waals surface area contributed by atoms with Gasteiger partial charge in [0.05, 0.1) is 23.3 Å². The Labute approximate surface area is 157 Å². The van der Waals surface area contributed by atoms with Crippen LogP contribution in [0.1, 0.15) is 23.2 Å². The number of benzene rings is 2. The van der Waals surface area contributed by atoms with E-state index in [1.165, 1.54) is 22.9 Å². The molecular formula is C19H15ClF4N2O. The van der Waals surface area contributed by atoms with Crippen molar-refractivity contribution in [3.8, 4) is 0 Å². The Morgan fingerprint density at radius 2 is 1.93 bits per heavy atom. The van der Waals surface area contributed by atoms with Crippen LogP contribution in [0.3, 0.4) is 0 Å². The van der Waals surface area contributed by atoms with Crippen LogP contribution in [0.25, 0.3) is 17.0 Å². The predicted octanol–water partition coefficient (Wildman–Crippen LogP) is 5.29.